The fourth-order valence-corrected chi connectivity index (χ4v) is 15.2. The third-order valence-electron chi connectivity index (χ3n) is 22.5. The van der Waals surface area contributed by atoms with E-state index in [1.165, 1.54) is 63.3 Å². The topological polar surface area (TPSA) is 590 Å². The molecule has 5 aliphatic rings. The Morgan fingerprint density at radius 1 is 0.500 bits per heavy atom. The van der Waals surface area contributed by atoms with E-state index in [1.807, 2.05) is 36.4 Å². The number of hydrogen-bond acceptors (Lipinski definition) is 26. The maximum Gasteiger partial charge on any atom is 0.285 e. The molecule has 41 heteroatoms. The van der Waals surface area contributed by atoms with Crippen molar-refractivity contribution in [1.29, 1.82) is 0 Å². The van der Waals surface area contributed by atoms with Gasteiger partial charge in [-0.25, -0.2) is 39.1 Å². The number of primary amides is 5. The van der Waals surface area contributed by atoms with Crippen molar-refractivity contribution in [3.05, 3.63) is 243 Å². The molecule has 0 saturated carbocycles. The number of carbonyl (C=O) groups excluding carboxylic acids is 9. The summed E-state index contributed by atoms with van der Waals surface area (Å²) in [5.41, 5.74) is 33.4. The lowest BCUT2D eigenvalue weighted by molar-refractivity contribution is -0.138. The van der Waals surface area contributed by atoms with Crippen molar-refractivity contribution in [2.24, 2.45) is 28.7 Å². The molecule has 5 atom stereocenters. The van der Waals surface area contributed by atoms with E-state index in [4.69, 9.17) is 50.5 Å². The molecular weight excluding hydrogens is 1770 g/mol. The Labute approximate surface area is 780 Å². The van der Waals surface area contributed by atoms with Crippen LogP contribution in [0.15, 0.2) is 163 Å². The molecule has 4 saturated heterocycles. The third-order valence-corrected chi connectivity index (χ3v) is 22.9. The maximum absolute atomic E-state index is 12.1. The third kappa shape index (κ3) is 20.2. The second-order valence-corrected chi connectivity index (χ2v) is 32.8. The van der Waals surface area contributed by atoms with Crippen molar-refractivity contribution >= 4 is 81.7 Å². The molecule has 3 aromatic carbocycles. The summed E-state index contributed by atoms with van der Waals surface area (Å²) < 4.78 is 12.8. The van der Waals surface area contributed by atoms with E-state index in [-0.39, 0.29) is 58.9 Å². The number of rotatable bonds is 11. The standard InChI is InChI=1S/C21H22N4O3.2C20H17N5O3.C18H16ClN5O3.C16H16N6O3/c1-24-12-10-21(28,20(24)27)9-8-14-5-4-6-15(13-14)19-23-17(18(22)26)16-7-2-3-11-25(16)19;1-24-11-8-20(28,19(24)27)7-6-13-4-2-5-14(12-13)15-17-22-9-3-10-25(17)18(23-15)16(21)26;1-24-11-9-20(28,19(24)27)8-7-13-4-2-5-14(12-13)18-23-16(17(21)26)15-6-3-10-22-25(15)18;1-10-8-13(23-27-10)18(3,26)6-4-12-5-7-21-14(9-12)24-11(2)15(19)16(22-24)17(20)25;1-21-7-5-16(25,15(21)24)4-2-10-3-6-19-13(8-10)22-12(17)9-11(20-22)14(18)23/h4-6,13,28H,2-3,7,10-12H2,1H3,(H2,22,26);2-5,9-10,12,28H,8,11H2,1H3,(H2,21,26);2-6,10,12,28H,9,11H2,1H3,(H2,21,26);5,7-9,26H,1-3H3,(H2,20,25);3,6,8-9,25H,5,7,17H2,1H3,(H2,18,23)/t21-;2*20-;18-;16-/m00010/s1. The second kappa shape index (κ2) is 38.8. The molecule has 0 bridgehead atoms. The number of nitrogens with two attached hydrogens (primary N) is 6. The molecule has 13 aromatic rings. The lowest BCUT2D eigenvalue weighted by atomic mass is 10.0. The number of imidazole rings is 3. The van der Waals surface area contributed by atoms with Gasteiger partial charge in [0.1, 0.15) is 34.5 Å². The Balaban J connectivity index is 0.000000136. The monoisotopic (exact) mass is 1850 g/mol. The van der Waals surface area contributed by atoms with E-state index < -0.39 is 75.3 Å². The number of aryl methyl sites for hydroxylation is 1. The molecule has 0 unspecified atom stereocenters. The number of carbonyl (C=O) groups is 9. The number of pyridine rings is 2. The minimum atomic E-state index is -1.68. The van der Waals surface area contributed by atoms with Crippen molar-refractivity contribution < 1.29 is 73.2 Å². The minimum Gasteiger partial charge on any atom is -0.384 e. The summed E-state index contributed by atoms with van der Waals surface area (Å²) in [7, 11) is 6.54. The highest BCUT2D eigenvalue weighted by atomic mass is 35.5. The summed E-state index contributed by atoms with van der Waals surface area (Å²) >= 11 is 6.10. The number of amides is 9. The van der Waals surface area contributed by atoms with Crippen LogP contribution in [-0.2, 0) is 37.7 Å². The van der Waals surface area contributed by atoms with Crippen molar-refractivity contribution in [1.82, 2.24) is 92.8 Å². The molecule has 690 valence electrons. The van der Waals surface area contributed by atoms with E-state index in [0.717, 1.165) is 37.1 Å². The number of nitrogen functional groups attached to an aromatic ring is 1. The van der Waals surface area contributed by atoms with Crippen molar-refractivity contribution in [2.75, 3.05) is 60.1 Å². The maximum atomic E-state index is 12.1. The molecule has 0 spiro atoms. The molecule has 9 amide bonds. The molecule has 5 aliphatic heterocycles. The number of aromatic nitrogens is 15. The summed E-state index contributed by atoms with van der Waals surface area (Å²) in [5, 5.41) is 68.5. The number of likely N-dealkylation sites (N-methyl/N-ethyl adjacent to an activating group) is 4. The summed E-state index contributed by atoms with van der Waals surface area (Å²) in [6.07, 6.45) is 11.8. The molecular formula is C95H88ClN25O15. The van der Waals surface area contributed by atoms with E-state index in [0.29, 0.717) is 135 Å². The van der Waals surface area contributed by atoms with Gasteiger partial charge in [-0.3, -0.25) is 47.6 Å². The second-order valence-electron chi connectivity index (χ2n) is 32.4. The van der Waals surface area contributed by atoms with Gasteiger partial charge in [0.2, 0.25) is 28.2 Å². The fraction of sp³-hybridized carbons (Fsp3) is 0.253. The number of benzene rings is 3. The molecule has 18 rings (SSSR count). The highest BCUT2D eigenvalue weighted by molar-refractivity contribution is 6.34. The highest BCUT2D eigenvalue weighted by Crippen LogP contribution is 2.33. The number of aliphatic hydroxyl groups is 5. The first kappa shape index (κ1) is 95.1. The van der Waals surface area contributed by atoms with Crippen molar-refractivity contribution in [3.63, 3.8) is 0 Å². The number of likely N-dealkylation sites (tertiary alicyclic amines) is 4. The zero-order valence-corrected chi connectivity index (χ0v) is 74.9. The molecule has 4 fully saturated rings. The zero-order valence-electron chi connectivity index (χ0n) is 74.2. The molecule has 0 aliphatic carbocycles. The summed E-state index contributed by atoms with van der Waals surface area (Å²) in [6, 6.07) is 36.3. The van der Waals surface area contributed by atoms with Crippen LogP contribution in [0.4, 0.5) is 5.82 Å². The minimum absolute atomic E-state index is 0.0182. The Morgan fingerprint density at radius 3 is 1.46 bits per heavy atom. The number of anilines is 1. The van der Waals surface area contributed by atoms with E-state index in [1.54, 1.807) is 146 Å². The Bertz CT molecular complexity index is 7210. The van der Waals surface area contributed by atoms with Crippen LogP contribution in [0.1, 0.15) is 149 Å². The van der Waals surface area contributed by atoms with Gasteiger partial charge in [0, 0.05) is 174 Å². The largest absolute Gasteiger partial charge is 0.384 e. The first-order chi connectivity index (χ1) is 64.6. The highest BCUT2D eigenvalue weighted by Gasteiger charge is 2.46. The molecule has 17 N–H and O–H groups in total. The molecule has 40 nitrogen and oxygen atoms in total. The molecule has 10 aromatic heterocycles. The Kier molecular flexibility index (Phi) is 27.1. The average Bonchev–Trinajstić information content (AvgIpc) is 1.62. The molecule has 136 heavy (non-hydrogen) atoms. The van der Waals surface area contributed by atoms with Crippen LogP contribution < -0.4 is 34.4 Å². The van der Waals surface area contributed by atoms with Crippen molar-refractivity contribution in [3.8, 4) is 105 Å². The normalized spacial score (nSPS) is 18.3. The summed E-state index contributed by atoms with van der Waals surface area (Å²) in [6.45, 7) is 7.60. The fourth-order valence-electron chi connectivity index (χ4n) is 15.0. The Morgan fingerprint density at radius 2 is 0.985 bits per heavy atom. The summed E-state index contributed by atoms with van der Waals surface area (Å²) in [4.78, 5) is 138. The lowest BCUT2D eigenvalue weighted by Crippen LogP contribution is -2.37. The van der Waals surface area contributed by atoms with Crippen molar-refractivity contribution in [2.45, 2.75) is 100 Å². The van der Waals surface area contributed by atoms with Crippen LogP contribution in [0.3, 0.4) is 0 Å². The molecule has 15 heterocycles. The van der Waals surface area contributed by atoms with Crippen LogP contribution in [-0.4, -0.2) is 248 Å². The lowest BCUT2D eigenvalue weighted by Gasteiger charge is -2.17. The number of fused-ring (bicyclic) bond motifs is 3. The zero-order chi connectivity index (χ0) is 97.6. The smallest absolute Gasteiger partial charge is 0.285 e. The first-order valence-electron chi connectivity index (χ1n) is 42.0. The van der Waals surface area contributed by atoms with Gasteiger partial charge in [-0.15, -0.1) is 0 Å². The number of hydrogen-bond donors (Lipinski definition) is 11. The van der Waals surface area contributed by atoms with E-state index >= 15 is 0 Å². The predicted molar refractivity (Wildman–Crippen MR) is 491 cm³/mol. The quantitative estimate of drug-likeness (QED) is 0.0829. The van der Waals surface area contributed by atoms with Gasteiger partial charge in [0.15, 0.2) is 45.8 Å². The van der Waals surface area contributed by atoms with E-state index in [9.17, 15) is 68.7 Å². The summed E-state index contributed by atoms with van der Waals surface area (Å²) in [5.74, 6) is 25.7. The van der Waals surface area contributed by atoms with Crippen LogP contribution in [0, 0.1) is 73.1 Å². The number of nitrogens with zero attached hydrogens (tertiary/aromatic N) is 19. The van der Waals surface area contributed by atoms with E-state index in [2.05, 4.69) is 114 Å². The number of halogens is 1. The van der Waals surface area contributed by atoms with Crippen LogP contribution in [0.2, 0.25) is 5.02 Å². The van der Waals surface area contributed by atoms with Crippen LogP contribution in [0.25, 0.3) is 56.8 Å². The SMILES string of the molecule is CN1CC[C@@](O)(C#Cc2cccc(-c3nc(C(N)=O)c4cccnn34)c2)C1=O.CN1CC[C@@](O)(C#Cc2cccc(-c3nc(C(N)=O)c4n3CCCC4)c2)C1=O.CN1CC[C@@](O)(C#Cc2cccc(-c3nc(C(N)=O)n4cccnc34)c2)C1=O.CN1CC[C@@](O)(C#Cc2ccnc(-n3nc(C(N)=O)cc3N)c2)C1=O.Cc1cc([C@](C)(O)C#Cc2ccnc(-n3nc(C(N)=O)c(Cl)c3C)c2)no1. The van der Waals surface area contributed by atoms with Gasteiger partial charge in [-0.2, -0.15) is 20.0 Å². The average molecular weight is 1860 g/mol. The van der Waals surface area contributed by atoms with Gasteiger partial charge >= 0.3 is 0 Å². The van der Waals surface area contributed by atoms with Gasteiger partial charge < -0.3 is 88.6 Å². The Hall–Kier alpha value is -17.0. The van der Waals surface area contributed by atoms with Gasteiger partial charge in [-0.05, 0) is 119 Å². The van der Waals surface area contributed by atoms with Crippen LogP contribution in [0.5, 0.6) is 0 Å². The molecule has 0 radical (unpaired) electrons. The first-order valence-corrected chi connectivity index (χ1v) is 42.4. The van der Waals surface area contributed by atoms with Crippen LogP contribution >= 0.6 is 11.6 Å². The van der Waals surface area contributed by atoms with Gasteiger partial charge in [-0.1, -0.05) is 112 Å². The van der Waals surface area contributed by atoms with Gasteiger partial charge in [0.25, 0.3) is 53.2 Å². The predicted octanol–water partition coefficient (Wildman–Crippen LogP) is 2.59. The van der Waals surface area contributed by atoms with Gasteiger partial charge in [0.05, 0.1) is 21.9 Å².